The molecular weight excluding hydrogens is 196 g/mol. The first kappa shape index (κ1) is 11.6. The molecule has 0 aromatic carbocycles. The van der Waals surface area contributed by atoms with Gasteiger partial charge >= 0.3 is 0 Å². The van der Waals surface area contributed by atoms with Crippen LogP contribution in [-0.4, -0.2) is 24.7 Å². The number of nitrogens with zero attached hydrogens (tertiary/aromatic N) is 1. The molecular formula is C10H18N2OS. The molecule has 1 aromatic heterocycles. The standard InChI is InChI=1S/C10H18N2OS/c1-2-6-13-7-3-4-11-9-10-12-5-8-14-10/h5,8,11H,2-4,6-7,9H2,1H3. The molecule has 0 aliphatic heterocycles. The van der Waals surface area contributed by atoms with E-state index < -0.39 is 0 Å². The topological polar surface area (TPSA) is 34.1 Å². The van der Waals surface area contributed by atoms with E-state index in [1.165, 1.54) is 0 Å². The van der Waals surface area contributed by atoms with E-state index in [0.29, 0.717) is 0 Å². The van der Waals surface area contributed by atoms with Crippen molar-refractivity contribution in [3.05, 3.63) is 16.6 Å². The number of thiazole rings is 1. The molecule has 1 N–H and O–H groups in total. The lowest BCUT2D eigenvalue weighted by Gasteiger charge is -2.03. The van der Waals surface area contributed by atoms with Crippen LogP contribution in [0.3, 0.4) is 0 Å². The zero-order valence-corrected chi connectivity index (χ0v) is 9.48. The highest BCUT2D eigenvalue weighted by Crippen LogP contribution is 2.02. The largest absolute Gasteiger partial charge is 0.381 e. The Bertz CT molecular complexity index is 214. The fourth-order valence-corrected chi connectivity index (χ4v) is 1.67. The maximum Gasteiger partial charge on any atom is 0.106 e. The molecule has 80 valence electrons. The molecule has 0 atom stereocenters. The van der Waals surface area contributed by atoms with Gasteiger partial charge in [-0.3, -0.25) is 0 Å². The van der Waals surface area contributed by atoms with Gasteiger partial charge in [0.25, 0.3) is 0 Å². The highest BCUT2D eigenvalue weighted by atomic mass is 32.1. The summed E-state index contributed by atoms with van der Waals surface area (Å²) in [5, 5.41) is 6.49. The normalized spacial score (nSPS) is 10.6. The summed E-state index contributed by atoms with van der Waals surface area (Å²) >= 11 is 1.69. The van der Waals surface area contributed by atoms with Crippen molar-refractivity contribution in [2.45, 2.75) is 26.3 Å². The van der Waals surface area contributed by atoms with Crippen LogP contribution in [0.15, 0.2) is 11.6 Å². The van der Waals surface area contributed by atoms with Crippen LogP contribution in [0, 0.1) is 0 Å². The number of nitrogens with one attached hydrogen (secondary N) is 1. The van der Waals surface area contributed by atoms with Crippen molar-refractivity contribution in [3.8, 4) is 0 Å². The van der Waals surface area contributed by atoms with Crippen LogP contribution in [-0.2, 0) is 11.3 Å². The summed E-state index contributed by atoms with van der Waals surface area (Å²) < 4.78 is 5.37. The lowest BCUT2D eigenvalue weighted by Crippen LogP contribution is -2.16. The molecule has 14 heavy (non-hydrogen) atoms. The maximum atomic E-state index is 5.37. The zero-order chi connectivity index (χ0) is 10.1. The first-order valence-electron chi connectivity index (χ1n) is 5.10. The molecule has 0 aliphatic rings. The average molecular weight is 214 g/mol. The Morgan fingerprint density at radius 2 is 2.43 bits per heavy atom. The highest BCUT2D eigenvalue weighted by Gasteiger charge is 1.93. The van der Waals surface area contributed by atoms with Gasteiger partial charge in [-0.15, -0.1) is 11.3 Å². The van der Waals surface area contributed by atoms with Gasteiger partial charge in [0.15, 0.2) is 0 Å². The van der Waals surface area contributed by atoms with E-state index >= 15 is 0 Å². The van der Waals surface area contributed by atoms with Crippen LogP contribution in [0.4, 0.5) is 0 Å². The van der Waals surface area contributed by atoms with Crippen molar-refractivity contribution in [2.75, 3.05) is 19.8 Å². The Balaban J connectivity index is 1.85. The molecule has 0 spiro atoms. The molecule has 0 saturated carbocycles. The van der Waals surface area contributed by atoms with E-state index in [2.05, 4.69) is 17.2 Å². The van der Waals surface area contributed by atoms with E-state index in [9.17, 15) is 0 Å². The minimum absolute atomic E-state index is 0.860. The molecule has 0 aliphatic carbocycles. The smallest absolute Gasteiger partial charge is 0.106 e. The Hall–Kier alpha value is -0.450. The van der Waals surface area contributed by atoms with Crippen molar-refractivity contribution in [3.63, 3.8) is 0 Å². The number of hydrogen-bond donors (Lipinski definition) is 1. The molecule has 0 fully saturated rings. The minimum Gasteiger partial charge on any atom is -0.381 e. The van der Waals surface area contributed by atoms with Crippen LogP contribution in [0.25, 0.3) is 0 Å². The van der Waals surface area contributed by atoms with E-state index in [-0.39, 0.29) is 0 Å². The lowest BCUT2D eigenvalue weighted by molar-refractivity contribution is 0.132. The van der Waals surface area contributed by atoms with Gasteiger partial charge in [-0.05, 0) is 19.4 Å². The van der Waals surface area contributed by atoms with Crippen LogP contribution < -0.4 is 5.32 Å². The van der Waals surface area contributed by atoms with Crippen molar-refractivity contribution in [2.24, 2.45) is 0 Å². The van der Waals surface area contributed by atoms with Gasteiger partial charge in [-0.2, -0.15) is 0 Å². The van der Waals surface area contributed by atoms with Crippen LogP contribution in [0.2, 0.25) is 0 Å². The molecule has 1 aromatic rings. The summed E-state index contributed by atoms with van der Waals surface area (Å²) in [5.74, 6) is 0. The summed E-state index contributed by atoms with van der Waals surface area (Å²) in [6.07, 6.45) is 4.02. The second-order valence-electron chi connectivity index (χ2n) is 3.07. The fraction of sp³-hybridized carbons (Fsp3) is 0.700. The van der Waals surface area contributed by atoms with E-state index in [1.54, 1.807) is 11.3 Å². The predicted octanol–water partition coefficient (Wildman–Crippen LogP) is 2.05. The van der Waals surface area contributed by atoms with Crippen LogP contribution >= 0.6 is 11.3 Å². The van der Waals surface area contributed by atoms with Crippen molar-refractivity contribution in [1.29, 1.82) is 0 Å². The first-order valence-corrected chi connectivity index (χ1v) is 5.98. The van der Waals surface area contributed by atoms with Gasteiger partial charge < -0.3 is 10.1 Å². The third-order valence-corrected chi connectivity index (χ3v) is 2.53. The van der Waals surface area contributed by atoms with Crippen LogP contribution in [0.1, 0.15) is 24.8 Å². The van der Waals surface area contributed by atoms with E-state index in [0.717, 1.165) is 44.2 Å². The monoisotopic (exact) mass is 214 g/mol. The molecule has 1 heterocycles. The molecule has 4 heteroatoms. The summed E-state index contributed by atoms with van der Waals surface area (Å²) in [5.41, 5.74) is 0. The van der Waals surface area contributed by atoms with Gasteiger partial charge in [0, 0.05) is 31.3 Å². The second-order valence-corrected chi connectivity index (χ2v) is 4.05. The number of hydrogen-bond acceptors (Lipinski definition) is 4. The highest BCUT2D eigenvalue weighted by molar-refractivity contribution is 7.09. The third kappa shape index (κ3) is 5.32. The number of ether oxygens (including phenoxy) is 1. The fourth-order valence-electron chi connectivity index (χ4n) is 1.08. The van der Waals surface area contributed by atoms with Crippen LogP contribution in [0.5, 0.6) is 0 Å². The van der Waals surface area contributed by atoms with Gasteiger partial charge in [-0.25, -0.2) is 4.98 Å². The Morgan fingerprint density at radius 1 is 1.50 bits per heavy atom. The molecule has 0 saturated heterocycles. The quantitative estimate of drug-likeness (QED) is 0.673. The Labute approximate surface area is 89.5 Å². The Kier molecular flexibility index (Phi) is 6.57. The second kappa shape index (κ2) is 7.91. The van der Waals surface area contributed by atoms with Gasteiger partial charge in [0.2, 0.25) is 0 Å². The molecule has 0 radical (unpaired) electrons. The zero-order valence-electron chi connectivity index (χ0n) is 8.66. The van der Waals surface area contributed by atoms with Crippen molar-refractivity contribution in [1.82, 2.24) is 10.3 Å². The first-order chi connectivity index (χ1) is 6.93. The average Bonchev–Trinajstić information content (AvgIpc) is 2.69. The summed E-state index contributed by atoms with van der Waals surface area (Å²) in [6.45, 7) is 5.75. The molecule has 0 unspecified atom stereocenters. The third-order valence-electron chi connectivity index (χ3n) is 1.75. The summed E-state index contributed by atoms with van der Waals surface area (Å²) in [7, 11) is 0. The molecule has 0 bridgehead atoms. The molecule has 3 nitrogen and oxygen atoms in total. The number of rotatable bonds is 8. The number of aromatic nitrogens is 1. The molecule has 0 amide bonds. The Morgan fingerprint density at radius 3 is 3.14 bits per heavy atom. The van der Waals surface area contributed by atoms with Gasteiger partial charge in [0.1, 0.15) is 5.01 Å². The van der Waals surface area contributed by atoms with Crippen molar-refractivity contribution < 1.29 is 4.74 Å². The SMILES string of the molecule is CCCOCCCNCc1nccs1. The maximum absolute atomic E-state index is 5.37. The molecule has 1 rings (SSSR count). The summed E-state index contributed by atoms with van der Waals surface area (Å²) in [6, 6.07) is 0. The predicted molar refractivity (Wildman–Crippen MR) is 59.5 cm³/mol. The summed E-state index contributed by atoms with van der Waals surface area (Å²) in [4.78, 5) is 4.19. The van der Waals surface area contributed by atoms with E-state index in [1.807, 2.05) is 11.6 Å². The van der Waals surface area contributed by atoms with Gasteiger partial charge in [0.05, 0.1) is 0 Å². The van der Waals surface area contributed by atoms with Crippen molar-refractivity contribution >= 4 is 11.3 Å². The van der Waals surface area contributed by atoms with E-state index in [4.69, 9.17) is 4.74 Å². The van der Waals surface area contributed by atoms with Gasteiger partial charge in [-0.1, -0.05) is 6.92 Å². The minimum atomic E-state index is 0.860. The lowest BCUT2D eigenvalue weighted by atomic mass is 10.4.